The highest BCUT2D eigenvalue weighted by Gasteiger charge is 2.14. The highest BCUT2D eigenvalue weighted by Crippen LogP contribution is 2.24. The molecule has 0 fully saturated rings. The Hall–Kier alpha value is -2.08. The van der Waals surface area contributed by atoms with Gasteiger partial charge in [0.2, 0.25) is 0 Å². The predicted octanol–water partition coefficient (Wildman–Crippen LogP) is 3.52. The molecule has 0 saturated carbocycles. The molecule has 0 saturated heterocycles. The van der Waals surface area contributed by atoms with Gasteiger partial charge in [0.05, 0.1) is 16.9 Å². The van der Waals surface area contributed by atoms with Crippen molar-refractivity contribution in [1.29, 1.82) is 0 Å². The molecular formula is C14H12F2N2OS. The molecule has 0 aliphatic carbocycles. The second-order valence-corrected chi connectivity index (χ2v) is 4.86. The van der Waals surface area contributed by atoms with Crippen LogP contribution in [0.2, 0.25) is 0 Å². The molecule has 104 valence electrons. The molecule has 3 nitrogen and oxygen atoms in total. The van der Waals surface area contributed by atoms with Gasteiger partial charge in [-0.15, -0.1) is 11.8 Å². The fraction of sp³-hybridized carbons (Fsp3) is 0.0714. The van der Waals surface area contributed by atoms with Gasteiger partial charge in [-0.05, 0) is 24.5 Å². The van der Waals surface area contributed by atoms with Crippen molar-refractivity contribution in [2.45, 2.75) is 4.90 Å². The number of amides is 1. The molecule has 1 amide bonds. The lowest BCUT2D eigenvalue weighted by atomic mass is 10.2. The first kappa shape index (κ1) is 14.3. The van der Waals surface area contributed by atoms with Crippen molar-refractivity contribution in [2.75, 3.05) is 17.3 Å². The van der Waals surface area contributed by atoms with Crippen LogP contribution in [0.4, 0.5) is 20.2 Å². The molecule has 0 heterocycles. The Morgan fingerprint density at radius 3 is 2.60 bits per heavy atom. The Balaban J connectivity index is 2.30. The Morgan fingerprint density at radius 2 is 1.90 bits per heavy atom. The first-order valence-electron chi connectivity index (χ1n) is 5.72. The Bertz CT molecular complexity index is 662. The van der Waals surface area contributed by atoms with E-state index in [-0.39, 0.29) is 11.4 Å². The number of carbonyl (C=O) groups is 1. The van der Waals surface area contributed by atoms with Gasteiger partial charge in [-0.1, -0.05) is 12.1 Å². The number of carbonyl (C=O) groups excluding carboxylic acids is 1. The molecule has 0 aliphatic rings. The minimum Gasteiger partial charge on any atom is -0.396 e. The van der Waals surface area contributed by atoms with Crippen molar-refractivity contribution >= 4 is 29.0 Å². The third kappa shape index (κ3) is 2.91. The molecule has 0 aromatic heterocycles. The molecule has 20 heavy (non-hydrogen) atoms. The lowest BCUT2D eigenvalue weighted by Crippen LogP contribution is -2.14. The van der Waals surface area contributed by atoms with Crippen LogP contribution in [-0.2, 0) is 0 Å². The van der Waals surface area contributed by atoms with E-state index in [1.807, 2.05) is 6.26 Å². The summed E-state index contributed by atoms with van der Waals surface area (Å²) in [6.45, 7) is 0. The van der Waals surface area contributed by atoms with E-state index in [9.17, 15) is 13.6 Å². The molecule has 2 aromatic rings. The van der Waals surface area contributed by atoms with Crippen molar-refractivity contribution in [1.82, 2.24) is 0 Å². The molecule has 2 rings (SSSR count). The van der Waals surface area contributed by atoms with Crippen LogP contribution in [0.25, 0.3) is 0 Å². The second kappa shape index (κ2) is 5.92. The zero-order chi connectivity index (χ0) is 14.7. The Labute approximate surface area is 119 Å². The first-order valence-corrected chi connectivity index (χ1v) is 6.94. The first-order chi connectivity index (χ1) is 9.52. The van der Waals surface area contributed by atoms with Crippen LogP contribution in [0.3, 0.4) is 0 Å². The summed E-state index contributed by atoms with van der Waals surface area (Å²) in [6, 6.07) is 8.64. The van der Waals surface area contributed by atoms with Crippen LogP contribution < -0.4 is 11.1 Å². The third-order valence-electron chi connectivity index (χ3n) is 2.69. The lowest BCUT2D eigenvalue weighted by molar-refractivity contribution is 0.102. The number of nitrogens with two attached hydrogens (primary N) is 1. The van der Waals surface area contributed by atoms with Crippen molar-refractivity contribution in [3.8, 4) is 0 Å². The minimum atomic E-state index is -0.869. The summed E-state index contributed by atoms with van der Waals surface area (Å²) in [6.07, 6.45) is 1.84. The van der Waals surface area contributed by atoms with Gasteiger partial charge in [0, 0.05) is 11.0 Å². The van der Waals surface area contributed by atoms with E-state index in [1.54, 1.807) is 24.3 Å². The van der Waals surface area contributed by atoms with Gasteiger partial charge in [-0.2, -0.15) is 0 Å². The number of nitrogens with one attached hydrogen (secondary N) is 1. The normalized spacial score (nSPS) is 10.3. The standard InChI is InChI=1S/C14H12F2N2OS/c1-20-13-5-3-2-4-8(13)14(19)18-12-7-11(17)9(15)6-10(12)16/h2-7H,17H2,1H3,(H,18,19). The fourth-order valence-electron chi connectivity index (χ4n) is 1.68. The largest absolute Gasteiger partial charge is 0.396 e. The number of anilines is 2. The Kier molecular flexibility index (Phi) is 4.24. The van der Waals surface area contributed by atoms with Crippen LogP contribution in [0.15, 0.2) is 41.3 Å². The highest BCUT2D eigenvalue weighted by molar-refractivity contribution is 7.98. The molecule has 0 aliphatic heterocycles. The van der Waals surface area contributed by atoms with Crippen molar-refractivity contribution < 1.29 is 13.6 Å². The van der Waals surface area contributed by atoms with Crippen LogP contribution in [-0.4, -0.2) is 12.2 Å². The van der Waals surface area contributed by atoms with Crippen molar-refractivity contribution in [2.24, 2.45) is 0 Å². The van der Waals surface area contributed by atoms with Crippen LogP contribution in [0, 0.1) is 11.6 Å². The lowest BCUT2D eigenvalue weighted by Gasteiger charge is -2.10. The predicted molar refractivity (Wildman–Crippen MR) is 76.9 cm³/mol. The Morgan fingerprint density at radius 1 is 1.20 bits per heavy atom. The average molecular weight is 294 g/mol. The van der Waals surface area contributed by atoms with Crippen LogP contribution >= 0.6 is 11.8 Å². The second-order valence-electron chi connectivity index (χ2n) is 4.01. The van der Waals surface area contributed by atoms with Gasteiger partial charge < -0.3 is 11.1 Å². The van der Waals surface area contributed by atoms with Gasteiger partial charge >= 0.3 is 0 Å². The molecule has 0 unspecified atom stereocenters. The molecular weight excluding hydrogens is 282 g/mol. The molecule has 0 atom stereocenters. The number of rotatable bonds is 3. The van der Waals surface area contributed by atoms with Gasteiger partial charge in [-0.3, -0.25) is 4.79 Å². The van der Waals surface area contributed by atoms with E-state index in [0.717, 1.165) is 11.0 Å². The topological polar surface area (TPSA) is 55.1 Å². The van der Waals surface area contributed by atoms with E-state index < -0.39 is 17.5 Å². The summed E-state index contributed by atoms with van der Waals surface area (Å²) in [5.74, 6) is -2.20. The third-order valence-corrected chi connectivity index (χ3v) is 3.48. The quantitative estimate of drug-likeness (QED) is 0.672. The number of nitrogen functional groups attached to an aromatic ring is 1. The van der Waals surface area contributed by atoms with Gasteiger partial charge in [0.25, 0.3) is 5.91 Å². The summed E-state index contributed by atoms with van der Waals surface area (Å²) >= 11 is 1.40. The summed E-state index contributed by atoms with van der Waals surface area (Å²) in [5.41, 5.74) is 5.41. The molecule has 0 spiro atoms. The SMILES string of the molecule is CSc1ccccc1C(=O)Nc1cc(N)c(F)cc1F. The van der Waals surface area contributed by atoms with E-state index in [2.05, 4.69) is 5.32 Å². The van der Waals surface area contributed by atoms with E-state index in [0.29, 0.717) is 11.6 Å². The van der Waals surface area contributed by atoms with Gasteiger partial charge in [0.1, 0.15) is 11.6 Å². The van der Waals surface area contributed by atoms with Crippen LogP contribution in [0.1, 0.15) is 10.4 Å². The van der Waals surface area contributed by atoms with Crippen LogP contribution in [0.5, 0.6) is 0 Å². The summed E-state index contributed by atoms with van der Waals surface area (Å²) in [4.78, 5) is 12.9. The zero-order valence-corrected chi connectivity index (χ0v) is 11.4. The maximum atomic E-state index is 13.6. The molecule has 2 aromatic carbocycles. The van der Waals surface area contributed by atoms with Crippen molar-refractivity contribution in [3.63, 3.8) is 0 Å². The fourth-order valence-corrected chi connectivity index (χ4v) is 2.28. The smallest absolute Gasteiger partial charge is 0.256 e. The molecule has 6 heteroatoms. The number of benzene rings is 2. The number of hydrogen-bond acceptors (Lipinski definition) is 3. The highest BCUT2D eigenvalue weighted by atomic mass is 32.2. The van der Waals surface area contributed by atoms with Gasteiger partial charge in [-0.25, -0.2) is 8.78 Å². The summed E-state index contributed by atoms with van der Waals surface area (Å²) in [5, 5.41) is 2.40. The van der Waals surface area contributed by atoms with E-state index in [4.69, 9.17) is 5.73 Å². The maximum Gasteiger partial charge on any atom is 0.256 e. The molecule has 3 N–H and O–H groups in total. The van der Waals surface area contributed by atoms with E-state index >= 15 is 0 Å². The van der Waals surface area contributed by atoms with E-state index in [1.165, 1.54) is 11.8 Å². The maximum absolute atomic E-state index is 13.6. The summed E-state index contributed by atoms with van der Waals surface area (Å²) in [7, 11) is 0. The zero-order valence-electron chi connectivity index (χ0n) is 10.6. The van der Waals surface area contributed by atoms with Gasteiger partial charge in [0.15, 0.2) is 0 Å². The molecule has 0 radical (unpaired) electrons. The molecule has 0 bridgehead atoms. The number of hydrogen-bond donors (Lipinski definition) is 2. The monoisotopic (exact) mass is 294 g/mol. The number of thioether (sulfide) groups is 1. The number of halogens is 2. The van der Waals surface area contributed by atoms with Crippen molar-refractivity contribution in [3.05, 3.63) is 53.6 Å². The minimum absolute atomic E-state index is 0.148. The average Bonchev–Trinajstić information content (AvgIpc) is 2.44. The summed E-state index contributed by atoms with van der Waals surface area (Å²) < 4.78 is 26.6.